The van der Waals surface area contributed by atoms with Crippen LogP contribution >= 0.6 is 0 Å². The molecule has 8 nitrogen and oxygen atoms in total. The van der Waals surface area contributed by atoms with Gasteiger partial charge in [-0.3, -0.25) is 19.5 Å². The van der Waals surface area contributed by atoms with E-state index in [1.807, 2.05) is 18.2 Å². The Labute approximate surface area is 148 Å². The van der Waals surface area contributed by atoms with E-state index in [-0.39, 0.29) is 17.8 Å². The van der Waals surface area contributed by atoms with Crippen LogP contribution in [0.1, 0.15) is 25.3 Å². The van der Waals surface area contributed by atoms with Gasteiger partial charge in [0, 0.05) is 11.8 Å². The Morgan fingerprint density at radius 2 is 2.04 bits per heavy atom. The highest BCUT2D eigenvalue weighted by molar-refractivity contribution is 5.91. The van der Waals surface area contributed by atoms with Crippen LogP contribution in [-0.4, -0.2) is 15.4 Å². The summed E-state index contributed by atoms with van der Waals surface area (Å²) in [5.74, 6) is -0.816. The Morgan fingerprint density at radius 3 is 2.73 bits per heavy atom. The van der Waals surface area contributed by atoms with Gasteiger partial charge in [0.2, 0.25) is 5.91 Å². The summed E-state index contributed by atoms with van der Waals surface area (Å²) in [5.41, 5.74) is 1.93. The molecule has 1 heterocycles. The van der Waals surface area contributed by atoms with Crippen molar-refractivity contribution in [2.75, 3.05) is 5.32 Å². The molecule has 0 aliphatic carbocycles. The van der Waals surface area contributed by atoms with Crippen LogP contribution < -0.4 is 11.1 Å². The molecule has 0 saturated carbocycles. The standard InChI is InChI=1S/C18H17N3O5/c1-11(2)12-4-3-5-13(8-12)19-17(22)10-20-15-7-6-14(21(24)25)9-16(15)26-18(20)23/h3-9,11H,10H2,1-2H3,(H,19,22). The van der Waals surface area contributed by atoms with Gasteiger partial charge in [-0.2, -0.15) is 0 Å². The second-order valence-electron chi connectivity index (χ2n) is 6.19. The Kier molecular flexibility index (Phi) is 4.57. The molecule has 1 aromatic heterocycles. The summed E-state index contributed by atoms with van der Waals surface area (Å²) in [6.07, 6.45) is 0. The van der Waals surface area contributed by atoms with Crippen LogP contribution in [0.5, 0.6) is 0 Å². The van der Waals surface area contributed by atoms with E-state index < -0.39 is 16.6 Å². The van der Waals surface area contributed by atoms with Gasteiger partial charge in [-0.15, -0.1) is 0 Å². The number of nitro benzene ring substituents is 1. The van der Waals surface area contributed by atoms with Gasteiger partial charge in [0.15, 0.2) is 5.58 Å². The summed E-state index contributed by atoms with van der Waals surface area (Å²) in [4.78, 5) is 34.5. The molecule has 0 unspecified atom stereocenters. The van der Waals surface area contributed by atoms with E-state index in [0.717, 1.165) is 16.2 Å². The molecular weight excluding hydrogens is 338 g/mol. The minimum atomic E-state index is -0.744. The lowest BCUT2D eigenvalue weighted by Gasteiger charge is -2.09. The van der Waals surface area contributed by atoms with Gasteiger partial charge in [-0.25, -0.2) is 4.79 Å². The van der Waals surface area contributed by atoms with Gasteiger partial charge in [-0.1, -0.05) is 26.0 Å². The zero-order valence-corrected chi connectivity index (χ0v) is 14.3. The van der Waals surface area contributed by atoms with E-state index in [9.17, 15) is 19.7 Å². The number of benzene rings is 2. The lowest BCUT2D eigenvalue weighted by Crippen LogP contribution is -2.24. The van der Waals surface area contributed by atoms with Crippen molar-refractivity contribution < 1.29 is 14.1 Å². The number of nitrogens with zero attached hydrogens (tertiary/aromatic N) is 2. The number of amides is 1. The van der Waals surface area contributed by atoms with Gasteiger partial charge in [-0.05, 0) is 29.7 Å². The summed E-state index contributed by atoms with van der Waals surface area (Å²) >= 11 is 0. The summed E-state index contributed by atoms with van der Waals surface area (Å²) in [6, 6.07) is 11.3. The van der Waals surface area contributed by atoms with Crippen molar-refractivity contribution >= 4 is 28.4 Å². The minimum Gasteiger partial charge on any atom is -0.407 e. The first-order valence-corrected chi connectivity index (χ1v) is 8.03. The SMILES string of the molecule is CC(C)c1cccc(NC(=O)Cn2c(=O)oc3cc([N+](=O)[O-])ccc32)c1. The maximum atomic E-state index is 12.3. The molecule has 26 heavy (non-hydrogen) atoms. The second-order valence-corrected chi connectivity index (χ2v) is 6.19. The van der Waals surface area contributed by atoms with Crippen LogP contribution in [-0.2, 0) is 11.3 Å². The van der Waals surface area contributed by atoms with Gasteiger partial charge < -0.3 is 9.73 Å². The quantitative estimate of drug-likeness (QED) is 0.558. The van der Waals surface area contributed by atoms with E-state index in [2.05, 4.69) is 19.2 Å². The molecule has 0 fully saturated rings. The van der Waals surface area contributed by atoms with Gasteiger partial charge in [0.05, 0.1) is 16.5 Å². The summed E-state index contributed by atoms with van der Waals surface area (Å²) < 4.78 is 6.15. The number of fused-ring (bicyclic) bond motifs is 1. The maximum absolute atomic E-state index is 12.3. The van der Waals surface area contributed by atoms with E-state index in [0.29, 0.717) is 17.1 Å². The second kappa shape index (κ2) is 6.83. The number of carbonyl (C=O) groups excluding carboxylic acids is 1. The first kappa shape index (κ1) is 17.4. The van der Waals surface area contributed by atoms with Crippen molar-refractivity contribution in [3.8, 4) is 0 Å². The molecule has 0 spiro atoms. The lowest BCUT2D eigenvalue weighted by atomic mass is 10.0. The van der Waals surface area contributed by atoms with Crippen LogP contribution in [0.4, 0.5) is 11.4 Å². The molecular formula is C18H17N3O5. The number of aromatic nitrogens is 1. The largest absolute Gasteiger partial charge is 0.420 e. The molecule has 2 aromatic carbocycles. The molecule has 0 aliphatic heterocycles. The molecule has 0 bridgehead atoms. The molecule has 134 valence electrons. The average molecular weight is 355 g/mol. The highest BCUT2D eigenvalue weighted by atomic mass is 16.6. The molecule has 3 aromatic rings. The number of anilines is 1. The average Bonchev–Trinajstić information content (AvgIpc) is 2.89. The number of rotatable bonds is 5. The Bertz CT molecular complexity index is 1050. The third-order valence-electron chi connectivity index (χ3n) is 4.00. The summed E-state index contributed by atoms with van der Waals surface area (Å²) in [6.45, 7) is 3.85. The van der Waals surface area contributed by atoms with E-state index in [1.165, 1.54) is 12.1 Å². The highest BCUT2D eigenvalue weighted by Crippen LogP contribution is 2.21. The normalized spacial score (nSPS) is 11.0. The van der Waals surface area contributed by atoms with Crippen molar-refractivity contribution in [1.29, 1.82) is 0 Å². The molecule has 0 saturated heterocycles. The van der Waals surface area contributed by atoms with E-state index in [4.69, 9.17) is 4.42 Å². The summed E-state index contributed by atoms with van der Waals surface area (Å²) in [5, 5.41) is 13.6. The number of hydrogen-bond acceptors (Lipinski definition) is 5. The number of non-ortho nitro benzene ring substituents is 1. The Morgan fingerprint density at radius 1 is 1.27 bits per heavy atom. The van der Waals surface area contributed by atoms with Crippen LogP contribution in [0.25, 0.3) is 11.1 Å². The number of carbonyl (C=O) groups is 1. The fourth-order valence-electron chi connectivity index (χ4n) is 2.64. The highest BCUT2D eigenvalue weighted by Gasteiger charge is 2.16. The van der Waals surface area contributed by atoms with Crippen LogP contribution in [0.3, 0.4) is 0 Å². The Balaban J connectivity index is 1.83. The predicted octanol–water partition coefficient (Wildman–Crippen LogP) is 3.26. The molecule has 1 amide bonds. The first-order valence-electron chi connectivity index (χ1n) is 8.03. The van der Waals surface area contributed by atoms with Crippen molar-refractivity contribution in [2.24, 2.45) is 0 Å². The maximum Gasteiger partial charge on any atom is 0.420 e. The van der Waals surface area contributed by atoms with Crippen LogP contribution in [0.15, 0.2) is 51.7 Å². The molecule has 0 atom stereocenters. The van der Waals surface area contributed by atoms with Crippen LogP contribution in [0, 0.1) is 10.1 Å². The number of nitro groups is 1. The van der Waals surface area contributed by atoms with E-state index >= 15 is 0 Å². The monoisotopic (exact) mass is 355 g/mol. The zero-order valence-electron chi connectivity index (χ0n) is 14.3. The molecule has 3 rings (SSSR count). The lowest BCUT2D eigenvalue weighted by molar-refractivity contribution is -0.384. The fourth-order valence-corrected chi connectivity index (χ4v) is 2.64. The molecule has 1 N–H and O–H groups in total. The molecule has 0 radical (unpaired) electrons. The van der Waals surface area contributed by atoms with Crippen molar-refractivity contribution in [3.63, 3.8) is 0 Å². The molecule has 8 heteroatoms. The van der Waals surface area contributed by atoms with E-state index in [1.54, 1.807) is 6.07 Å². The smallest absolute Gasteiger partial charge is 0.407 e. The van der Waals surface area contributed by atoms with Gasteiger partial charge in [0.1, 0.15) is 6.54 Å². The Hall–Kier alpha value is -3.42. The number of nitrogens with one attached hydrogen (secondary N) is 1. The van der Waals surface area contributed by atoms with Crippen molar-refractivity contribution in [1.82, 2.24) is 4.57 Å². The first-order chi connectivity index (χ1) is 12.3. The third-order valence-corrected chi connectivity index (χ3v) is 4.00. The topological polar surface area (TPSA) is 107 Å². The van der Waals surface area contributed by atoms with Gasteiger partial charge in [0.25, 0.3) is 5.69 Å². The predicted molar refractivity (Wildman–Crippen MR) is 96.3 cm³/mol. The van der Waals surface area contributed by atoms with Crippen LogP contribution in [0.2, 0.25) is 0 Å². The minimum absolute atomic E-state index is 0.0683. The summed E-state index contributed by atoms with van der Waals surface area (Å²) in [7, 11) is 0. The molecule has 0 aliphatic rings. The van der Waals surface area contributed by atoms with Crippen molar-refractivity contribution in [3.05, 3.63) is 68.7 Å². The number of oxazole rings is 1. The fraction of sp³-hybridized carbons (Fsp3) is 0.222. The van der Waals surface area contributed by atoms with Gasteiger partial charge >= 0.3 is 5.76 Å². The third kappa shape index (κ3) is 3.49. The van der Waals surface area contributed by atoms with Crippen molar-refractivity contribution in [2.45, 2.75) is 26.3 Å². The number of hydrogen-bond donors (Lipinski definition) is 1. The zero-order chi connectivity index (χ0) is 18.8.